The van der Waals surface area contributed by atoms with Gasteiger partial charge in [0.1, 0.15) is 11.6 Å². The third-order valence-electron chi connectivity index (χ3n) is 5.40. The average Bonchev–Trinajstić information content (AvgIpc) is 3.25. The zero-order chi connectivity index (χ0) is 15.1. The fourth-order valence-corrected chi connectivity index (χ4v) is 3.61. The largest absolute Gasteiger partial charge is 0.340 e. The molecule has 1 N–H and O–H groups in total. The fraction of sp³-hybridized carbons (Fsp3) is 0.875. The second-order valence-corrected chi connectivity index (χ2v) is 6.81. The number of carbonyl (C=O) groups excluding carboxylic acids is 2. The van der Waals surface area contributed by atoms with Gasteiger partial charge in [0.05, 0.1) is 0 Å². The predicted octanol–water partition coefficient (Wildman–Crippen LogP) is 2.47. The van der Waals surface area contributed by atoms with Crippen molar-refractivity contribution in [2.24, 2.45) is 5.92 Å². The molecule has 4 heteroatoms. The lowest BCUT2D eigenvalue weighted by Gasteiger charge is -2.52. The standard InChI is InChI=1S/C16H28N2O2/c1-6-12-13(19)17-16(7-2,8-3)14(20)18(12)15(4,5)11-9-10-11/h11-12H,6-10H2,1-5H3,(H,17,19). The van der Waals surface area contributed by atoms with Crippen molar-refractivity contribution in [2.45, 2.75) is 83.8 Å². The molecule has 0 aromatic heterocycles. The lowest BCUT2D eigenvalue weighted by Crippen LogP contribution is -2.73. The van der Waals surface area contributed by atoms with Crippen LogP contribution in [-0.4, -0.2) is 33.8 Å². The Labute approximate surface area is 122 Å². The van der Waals surface area contributed by atoms with Crippen LogP contribution in [0, 0.1) is 5.92 Å². The Balaban J connectivity index is 2.42. The molecule has 1 atom stereocenters. The van der Waals surface area contributed by atoms with E-state index in [9.17, 15) is 9.59 Å². The van der Waals surface area contributed by atoms with Crippen LogP contribution in [0.1, 0.15) is 66.7 Å². The van der Waals surface area contributed by atoms with E-state index in [2.05, 4.69) is 19.2 Å². The molecule has 2 rings (SSSR count). The molecule has 1 unspecified atom stereocenters. The molecule has 20 heavy (non-hydrogen) atoms. The highest BCUT2D eigenvalue weighted by Gasteiger charge is 2.55. The summed E-state index contributed by atoms with van der Waals surface area (Å²) in [5, 5.41) is 3.01. The Morgan fingerprint density at radius 2 is 1.75 bits per heavy atom. The molecule has 2 fully saturated rings. The second kappa shape index (κ2) is 5.05. The molecular formula is C16H28N2O2. The van der Waals surface area contributed by atoms with Gasteiger partial charge < -0.3 is 10.2 Å². The van der Waals surface area contributed by atoms with Crippen molar-refractivity contribution in [3.63, 3.8) is 0 Å². The number of hydrogen-bond donors (Lipinski definition) is 1. The lowest BCUT2D eigenvalue weighted by molar-refractivity contribution is -0.163. The van der Waals surface area contributed by atoms with Crippen LogP contribution in [0.4, 0.5) is 0 Å². The van der Waals surface area contributed by atoms with Crippen molar-refractivity contribution in [3.8, 4) is 0 Å². The molecule has 2 aliphatic rings. The summed E-state index contributed by atoms with van der Waals surface area (Å²) in [6.45, 7) is 10.2. The zero-order valence-electron chi connectivity index (χ0n) is 13.5. The van der Waals surface area contributed by atoms with E-state index >= 15 is 0 Å². The van der Waals surface area contributed by atoms with E-state index in [4.69, 9.17) is 0 Å². The number of carbonyl (C=O) groups is 2. The van der Waals surface area contributed by atoms with Crippen LogP contribution < -0.4 is 5.32 Å². The van der Waals surface area contributed by atoms with E-state index in [0.29, 0.717) is 25.2 Å². The van der Waals surface area contributed by atoms with Crippen LogP contribution in [0.3, 0.4) is 0 Å². The van der Waals surface area contributed by atoms with E-state index in [0.717, 1.165) is 0 Å². The molecule has 0 bridgehead atoms. The molecule has 4 nitrogen and oxygen atoms in total. The summed E-state index contributed by atoms with van der Waals surface area (Å²) in [5.74, 6) is 0.674. The van der Waals surface area contributed by atoms with Gasteiger partial charge >= 0.3 is 0 Å². The monoisotopic (exact) mass is 280 g/mol. The van der Waals surface area contributed by atoms with Crippen molar-refractivity contribution in [3.05, 3.63) is 0 Å². The van der Waals surface area contributed by atoms with Gasteiger partial charge in [-0.15, -0.1) is 0 Å². The highest BCUT2D eigenvalue weighted by molar-refractivity contribution is 6.00. The quantitative estimate of drug-likeness (QED) is 0.841. The van der Waals surface area contributed by atoms with Crippen LogP contribution >= 0.6 is 0 Å². The summed E-state index contributed by atoms with van der Waals surface area (Å²) in [6, 6.07) is -0.315. The van der Waals surface area contributed by atoms with Gasteiger partial charge in [-0.3, -0.25) is 9.59 Å². The van der Waals surface area contributed by atoms with Gasteiger partial charge in [0.2, 0.25) is 11.8 Å². The highest BCUT2D eigenvalue weighted by atomic mass is 16.2. The maximum absolute atomic E-state index is 13.1. The molecule has 0 radical (unpaired) electrons. The first-order valence-corrected chi connectivity index (χ1v) is 7.99. The predicted molar refractivity (Wildman–Crippen MR) is 79.2 cm³/mol. The molecule has 114 valence electrons. The molecule has 1 saturated carbocycles. The number of amides is 2. The van der Waals surface area contributed by atoms with E-state index in [1.54, 1.807) is 0 Å². The van der Waals surface area contributed by atoms with Crippen LogP contribution in [0.5, 0.6) is 0 Å². The summed E-state index contributed by atoms with van der Waals surface area (Å²) >= 11 is 0. The second-order valence-electron chi connectivity index (χ2n) is 6.81. The number of nitrogens with zero attached hydrogens (tertiary/aromatic N) is 1. The minimum absolute atomic E-state index is 0.0181. The van der Waals surface area contributed by atoms with Crippen molar-refractivity contribution in [2.75, 3.05) is 0 Å². The van der Waals surface area contributed by atoms with Crippen molar-refractivity contribution in [1.82, 2.24) is 10.2 Å². The minimum Gasteiger partial charge on any atom is -0.340 e. The highest BCUT2D eigenvalue weighted by Crippen LogP contribution is 2.45. The molecule has 1 saturated heterocycles. The SMILES string of the molecule is CCC1C(=O)NC(CC)(CC)C(=O)N1C(C)(C)C1CC1. The Morgan fingerprint density at radius 3 is 2.15 bits per heavy atom. The van der Waals surface area contributed by atoms with Gasteiger partial charge in [0, 0.05) is 5.54 Å². The molecule has 1 heterocycles. The maximum atomic E-state index is 13.1. The van der Waals surface area contributed by atoms with Gasteiger partial charge in [0.15, 0.2) is 0 Å². The number of nitrogens with one attached hydrogen (secondary N) is 1. The molecule has 0 aromatic carbocycles. The molecule has 0 aromatic rings. The molecule has 1 aliphatic heterocycles. The van der Waals surface area contributed by atoms with Gasteiger partial charge in [-0.25, -0.2) is 0 Å². The van der Waals surface area contributed by atoms with Crippen LogP contribution in [0.2, 0.25) is 0 Å². The number of rotatable bonds is 5. The first-order chi connectivity index (χ1) is 9.34. The lowest BCUT2D eigenvalue weighted by atomic mass is 9.82. The average molecular weight is 280 g/mol. The number of hydrogen-bond acceptors (Lipinski definition) is 2. The first-order valence-electron chi connectivity index (χ1n) is 7.99. The molecule has 2 amide bonds. The van der Waals surface area contributed by atoms with Crippen molar-refractivity contribution < 1.29 is 9.59 Å². The Morgan fingerprint density at radius 1 is 1.20 bits per heavy atom. The molecular weight excluding hydrogens is 252 g/mol. The summed E-state index contributed by atoms with van der Waals surface area (Å²) in [6.07, 6.45) is 4.32. The van der Waals surface area contributed by atoms with Crippen LogP contribution in [0.25, 0.3) is 0 Å². The van der Waals surface area contributed by atoms with Gasteiger partial charge in [-0.2, -0.15) is 0 Å². The minimum atomic E-state index is -0.699. The Kier molecular flexibility index (Phi) is 3.87. The van der Waals surface area contributed by atoms with E-state index < -0.39 is 5.54 Å². The smallest absolute Gasteiger partial charge is 0.249 e. The topological polar surface area (TPSA) is 49.4 Å². The van der Waals surface area contributed by atoms with Crippen molar-refractivity contribution >= 4 is 11.8 Å². The summed E-state index contributed by atoms with van der Waals surface area (Å²) in [4.78, 5) is 27.5. The van der Waals surface area contributed by atoms with Crippen LogP contribution in [-0.2, 0) is 9.59 Å². The van der Waals surface area contributed by atoms with Gasteiger partial charge in [-0.05, 0) is 51.9 Å². The molecule has 0 spiro atoms. The van der Waals surface area contributed by atoms with E-state index in [-0.39, 0.29) is 23.4 Å². The van der Waals surface area contributed by atoms with Gasteiger partial charge in [0.25, 0.3) is 0 Å². The Bertz CT molecular complexity index is 409. The fourth-order valence-electron chi connectivity index (χ4n) is 3.61. The Hall–Kier alpha value is -1.06. The van der Waals surface area contributed by atoms with Gasteiger partial charge in [-0.1, -0.05) is 20.8 Å². The third-order valence-corrected chi connectivity index (χ3v) is 5.40. The van der Waals surface area contributed by atoms with Crippen molar-refractivity contribution in [1.29, 1.82) is 0 Å². The summed E-state index contributed by atoms with van der Waals surface area (Å²) in [7, 11) is 0. The normalized spacial score (nSPS) is 26.6. The van der Waals surface area contributed by atoms with E-state index in [1.165, 1.54) is 12.8 Å². The summed E-state index contributed by atoms with van der Waals surface area (Å²) < 4.78 is 0. The molecule has 1 aliphatic carbocycles. The third kappa shape index (κ3) is 2.13. The first kappa shape index (κ1) is 15.3. The maximum Gasteiger partial charge on any atom is 0.249 e. The van der Waals surface area contributed by atoms with Crippen LogP contribution in [0.15, 0.2) is 0 Å². The number of piperazine rings is 1. The summed E-state index contributed by atoms with van der Waals surface area (Å²) in [5.41, 5.74) is -0.917. The van der Waals surface area contributed by atoms with E-state index in [1.807, 2.05) is 25.7 Å². The zero-order valence-corrected chi connectivity index (χ0v) is 13.5.